The number of fused-ring (bicyclic) bond motifs is 3. The highest BCUT2D eigenvalue weighted by atomic mass is 16.5. The Morgan fingerprint density at radius 2 is 1.60 bits per heavy atom. The van der Waals surface area contributed by atoms with Crippen LogP contribution in [0.2, 0.25) is 0 Å². The van der Waals surface area contributed by atoms with Crippen LogP contribution in [0.25, 0.3) is 11.1 Å². The SMILES string of the molecule is O=C(O)CCC1CN(C(=O)C[C@H]2CC[C@@H](NC(=O)OCC3c4ccccc4-c4ccccc43)C2)C1. The first-order chi connectivity index (χ1) is 17.0. The minimum atomic E-state index is -0.782. The number of carboxylic acid groups (broad SMARTS) is 1. The van der Waals surface area contributed by atoms with Gasteiger partial charge in [0.25, 0.3) is 0 Å². The third-order valence-electron chi connectivity index (χ3n) is 7.75. The number of ether oxygens (including phenoxy) is 1. The molecule has 5 rings (SSSR count). The number of carboxylic acids is 1. The molecule has 0 unspecified atom stereocenters. The molecular formula is C28H32N2O5. The predicted octanol–water partition coefficient (Wildman–Crippen LogP) is 4.41. The van der Waals surface area contributed by atoms with Crippen molar-refractivity contribution in [1.82, 2.24) is 10.2 Å². The molecule has 3 aliphatic rings. The number of rotatable bonds is 8. The summed E-state index contributed by atoms with van der Waals surface area (Å²) < 4.78 is 5.67. The predicted molar refractivity (Wildman–Crippen MR) is 131 cm³/mol. The Morgan fingerprint density at radius 3 is 2.26 bits per heavy atom. The molecule has 2 fully saturated rings. The molecule has 35 heavy (non-hydrogen) atoms. The molecule has 0 spiro atoms. The number of nitrogens with one attached hydrogen (secondary N) is 1. The molecule has 184 valence electrons. The van der Waals surface area contributed by atoms with E-state index in [9.17, 15) is 14.4 Å². The molecule has 0 aromatic heterocycles. The van der Waals surface area contributed by atoms with E-state index in [4.69, 9.17) is 9.84 Å². The van der Waals surface area contributed by atoms with Gasteiger partial charge in [-0.2, -0.15) is 0 Å². The van der Waals surface area contributed by atoms with Crippen molar-refractivity contribution in [2.75, 3.05) is 19.7 Å². The van der Waals surface area contributed by atoms with Crippen LogP contribution in [0.5, 0.6) is 0 Å². The van der Waals surface area contributed by atoms with Crippen molar-refractivity contribution in [1.29, 1.82) is 0 Å². The van der Waals surface area contributed by atoms with Crippen LogP contribution in [0, 0.1) is 11.8 Å². The van der Waals surface area contributed by atoms with Crippen molar-refractivity contribution in [2.45, 2.75) is 50.5 Å². The van der Waals surface area contributed by atoms with Crippen molar-refractivity contribution in [3.63, 3.8) is 0 Å². The van der Waals surface area contributed by atoms with E-state index in [0.29, 0.717) is 38.5 Å². The maximum Gasteiger partial charge on any atom is 0.407 e. The van der Waals surface area contributed by atoms with Gasteiger partial charge in [0.1, 0.15) is 6.61 Å². The standard InChI is InChI=1S/C28H32N2O5/c31-26(30-15-19(16-30)10-12-27(32)33)14-18-9-11-20(13-18)29-28(34)35-17-25-23-7-3-1-5-21(23)22-6-2-4-8-24(22)25/h1-8,18-20,25H,9-17H2,(H,29,34)(H,32,33)/t18-,20+/m0/s1. The first-order valence-electron chi connectivity index (χ1n) is 12.6. The number of carbonyl (C=O) groups is 3. The second-order valence-corrected chi connectivity index (χ2v) is 10.1. The Bertz CT molecular complexity index is 1060. The van der Waals surface area contributed by atoms with Crippen LogP contribution in [0.3, 0.4) is 0 Å². The summed E-state index contributed by atoms with van der Waals surface area (Å²) in [6.45, 7) is 1.63. The summed E-state index contributed by atoms with van der Waals surface area (Å²) in [5, 5.41) is 11.8. The van der Waals surface area contributed by atoms with Crippen LogP contribution in [-0.2, 0) is 14.3 Å². The lowest BCUT2D eigenvalue weighted by Gasteiger charge is -2.39. The van der Waals surface area contributed by atoms with Gasteiger partial charge in [-0.15, -0.1) is 0 Å². The molecule has 2 aromatic carbocycles. The average Bonchev–Trinajstić information content (AvgIpc) is 3.38. The summed E-state index contributed by atoms with van der Waals surface area (Å²) in [6, 6.07) is 16.6. The summed E-state index contributed by atoms with van der Waals surface area (Å²) in [6.07, 6.45) is 3.45. The summed E-state index contributed by atoms with van der Waals surface area (Å²) in [4.78, 5) is 37.6. The van der Waals surface area contributed by atoms with Crippen LogP contribution in [0.1, 0.15) is 55.6 Å². The lowest BCUT2D eigenvalue weighted by atomic mass is 9.93. The molecule has 7 nitrogen and oxygen atoms in total. The number of hydrogen-bond donors (Lipinski definition) is 2. The van der Waals surface area contributed by atoms with E-state index < -0.39 is 12.1 Å². The number of amides is 2. The molecular weight excluding hydrogens is 444 g/mol. The Kier molecular flexibility index (Phi) is 6.75. The number of nitrogens with zero attached hydrogens (tertiary/aromatic N) is 1. The van der Waals surface area contributed by atoms with Gasteiger partial charge >= 0.3 is 12.1 Å². The van der Waals surface area contributed by atoms with Crippen molar-refractivity contribution >= 4 is 18.0 Å². The van der Waals surface area contributed by atoms with Crippen molar-refractivity contribution < 1.29 is 24.2 Å². The topological polar surface area (TPSA) is 95.9 Å². The van der Waals surface area contributed by atoms with Crippen LogP contribution < -0.4 is 5.32 Å². The molecule has 1 saturated heterocycles. The van der Waals surface area contributed by atoms with Gasteiger partial charge in [0, 0.05) is 37.9 Å². The van der Waals surface area contributed by atoms with Gasteiger partial charge in [0.15, 0.2) is 0 Å². The van der Waals surface area contributed by atoms with Crippen molar-refractivity contribution in [2.24, 2.45) is 11.8 Å². The second kappa shape index (κ2) is 10.1. The number of alkyl carbamates (subject to hydrolysis) is 1. The first-order valence-corrected chi connectivity index (χ1v) is 12.6. The quantitative estimate of drug-likeness (QED) is 0.589. The van der Waals surface area contributed by atoms with E-state index in [0.717, 1.165) is 19.3 Å². The molecule has 1 saturated carbocycles. The van der Waals surface area contributed by atoms with Gasteiger partial charge < -0.3 is 20.1 Å². The van der Waals surface area contributed by atoms with Crippen LogP contribution >= 0.6 is 0 Å². The fourth-order valence-corrected chi connectivity index (χ4v) is 5.86. The fourth-order valence-electron chi connectivity index (χ4n) is 5.86. The summed E-state index contributed by atoms with van der Waals surface area (Å²) in [5.41, 5.74) is 4.79. The van der Waals surface area contributed by atoms with Gasteiger partial charge in [-0.05, 0) is 59.8 Å². The second-order valence-electron chi connectivity index (χ2n) is 10.1. The Hall–Kier alpha value is -3.35. The molecule has 1 heterocycles. The zero-order valence-corrected chi connectivity index (χ0v) is 19.8. The number of aliphatic carboxylic acids is 1. The molecule has 2 aromatic rings. The van der Waals surface area contributed by atoms with Crippen LogP contribution in [-0.4, -0.2) is 53.7 Å². The number of carbonyl (C=O) groups excluding carboxylic acids is 2. The van der Waals surface area contributed by atoms with Gasteiger partial charge in [0.05, 0.1) is 0 Å². The number of hydrogen-bond acceptors (Lipinski definition) is 4. The Balaban J connectivity index is 1.05. The van der Waals surface area contributed by atoms with Crippen LogP contribution in [0.4, 0.5) is 4.79 Å². The molecule has 1 aliphatic heterocycles. The molecule has 2 amide bonds. The molecule has 2 aliphatic carbocycles. The highest BCUT2D eigenvalue weighted by Gasteiger charge is 2.34. The molecule has 0 bridgehead atoms. The van der Waals surface area contributed by atoms with E-state index >= 15 is 0 Å². The lowest BCUT2D eigenvalue weighted by molar-refractivity contribution is -0.140. The van der Waals surface area contributed by atoms with Gasteiger partial charge in [-0.3, -0.25) is 9.59 Å². The Labute approximate surface area is 205 Å². The maximum atomic E-state index is 12.6. The van der Waals surface area contributed by atoms with Crippen LogP contribution in [0.15, 0.2) is 48.5 Å². The number of benzene rings is 2. The highest BCUT2D eigenvalue weighted by Crippen LogP contribution is 2.44. The monoisotopic (exact) mass is 476 g/mol. The van der Waals surface area contributed by atoms with Crippen molar-refractivity contribution in [3.05, 3.63) is 59.7 Å². The minimum Gasteiger partial charge on any atom is -0.481 e. The first kappa shape index (κ1) is 23.4. The van der Waals surface area contributed by atoms with Gasteiger partial charge in [-0.1, -0.05) is 48.5 Å². The van der Waals surface area contributed by atoms with Gasteiger partial charge in [-0.25, -0.2) is 4.79 Å². The third kappa shape index (κ3) is 5.19. The highest BCUT2D eigenvalue weighted by molar-refractivity contribution is 5.79. The van der Waals surface area contributed by atoms with E-state index in [1.807, 2.05) is 29.2 Å². The van der Waals surface area contributed by atoms with E-state index in [-0.39, 0.29) is 30.2 Å². The van der Waals surface area contributed by atoms with E-state index in [1.54, 1.807) is 0 Å². The zero-order chi connectivity index (χ0) is 24.4. The van der Waals surface area contributed by atoms with E-state index in [2.05, 4.69) is 29.6 Å². The van der Waals surface area contributed by atoms with Crippen molar-refractivity contribution in [3.8, 4) is 11.1 Å². The minimum absolute atomic E-state index is 0.0307. The summed E-state index contributed by atoms with van der Waals surface area (Å²) >= 11 is 0. The normalized spacial score (nSPS) is 21.2. The molecule has 2 atom stereocenters. The lowest BCUT2D eigenvalue weighted by Crippen LogP contribution is -2.50. The zero-order valence-electron chi connectivity index (χ0n) is 19.8. The third-order valence-corrected chi connectivity index (χ3v) is 7.75. The summed E-state index contributed by atoms with van der Waals surface area (Å²) in [5.74, 6) is -0.0296. The van der Waals surface area contributed by atoms with Gasteiger partial charge in [0.2, 0.25) is 5.91 Å². The smallest absolute Gasteiger partial charge is 0.407 e. The molecule has 0 radical (unpaired) electrons. The van der Waals surface area contributed by atoms with E-state index in [1.165, 1.54) is 22.3 Å². The summed E-state index contributed by atoms with van der Waals surface area (Å²) in [7, 11) is 0. The largest absolute Gasteiger partial charge is 0.481 e. The Morgan fingerprint density at radius 1 is 0.943 bits per heavy atom. The fraction of sp³-hybridized carbons (Fsp3) is 0.464. The number of likely N-dealkylation sites (tertiary alicyclic amines) is 1. The average molecular weight is 477 g/mol. The molecule has 2 N–H and O–H groups in total. The maximum absolute atomic E-state index is 12.6. The molecule has 7 heteroatoms.